The van der Waals surface area contributed by atoms with Gasteiger partial charge in [-0.15, -0.1) is 0 Å². The minimum atomic E-state index is -2.74. The van der Waals surface area contributed by atoms with Crippen LogP contribution >= 0.6 is 0 Å². The Morgan fingerprint density at radius 2 is 0.396 bits per heavy atom. The van der Waals surface area contributed by atoms with E-state index in [1.807, 2.05) is 0 Å². The molecule has 63 nitrogen and oxygen atoms in total. The first-order valence-electron chi connectivity index (χ1n) is 44.2. The number of aliphatic hydroxyl groups excluding tert-OH is 36. The molecule has 0 aromatic carbocycles. The summed E-state index contributed by atoms with van der Waals surface area (Å²) in [5, 5.41) is 408. The van der Waals surface area contributed by atoms with E-state index in [4.69, 9.17) is 109 Å². The predicted octanol–water partition coefficient (Wildman–Crippen LogP) is -26.9. The molecule has 12 saturated heterocycles. The van der Waals surface area contributed by atoms with Crippen molar-refractivity contribution in [3.63, 3.8) is 0 Å². The second-order valence-electron chi connectivity index (χ2n) is 35.2. The molecule has 0 radical (unpaired) electrons. The lowest BCUT2D eigenvalue weighted by Gasteiger charge is -2.51. The second kappa shape index (κ2) is 49.8. The number of hydrogen-bond acceptors (Lipinski definition) is 61. The number of nitrogens with one attached hydrogen (secondary N) is 2. The van der Waals surface area contributed by atoms with Crippen LogP contribution in [0.25, 0.3) is 0 Å². The van der Waals surface area contributed by atoms with Gasteiger partial charge in [-0.1, -0.05) is 0 Å². The highest BCUT2D eigenvalue weighted by atomic mass is 16.8. The SMILES string of the molecule is CC(=O)N[C@@H]1[C@@H](O)[C@H](O[C@@H]2O[C@H](CO)[C@@H](O[C@@H]3O[C@H](CO[C@H]4O[C@H](CO[C@H]5O[C@H](CO)[C@@H](O)[C@H](O)[C@@H]5O[C@H]5O[C@H](CO)[C@@H](O)[C@H](O)[C@@H]5O)[C@@H](O)[C@H](O[C@H]5O[C@H](CO)[C@@H](O)[C@H](O)[C@@H]5O[C@H]5O[C@H](CO)[C@@H](O)[C@H](O)[C@@H]5O[C@H]5O[C@H](CO)[C@H](O)[C@H](O)[C@H]5O)[C@@H]4O)[C@@H](O)[C@H](O[C@H]4O[C@H](CO)[C@@H](O)[C@H](O)[C@@H]4O[C@H]4O[C@H](CO)[C@@H](O)[C@H](O)[C@@H]4O[C@H]4O[C@H](CO)[C@@H](O)[C@H](O)[C@@H]4O)[C@@H]3O)[C@H](O)[C@H]2NC(C)=O)[C@@H](CO)O[C@H]1O. The van der Waals surface area contributed by atoms with Gasteiger partial charge in [0.25, 0.3) is 0 Å². The molecule has 139 heavy (non-hydrogen) atoms. The topological polar surface area (TPSA) is 999 Å². The number of aliphatic hydroxyl groups is 36. The smallest absolute Gasteiger partial charge is 0.217 e. The Morgan fingerprint density at radius 3 is 0.712 bits per heavy atom. The highest BCUT2D eigenvalue weighted by Gasteiger charge is 2.64. The zero-order valence-corrected chi connectivity index (χ0v) is 73.4. The van der Waals surface area contributed by atoms with Gasteiger partial charge in [0.05, 0.1) is 79.3 Å². The molecule has 12 aliphatic rings. The van der Waals surface area contributed by atoms with Crippen molar-refractivity contribution in [2.75, 3.05) is 79.3 Å². The summed E-state index contributed by atoms with van der Waals surface area (Å²) in [5.74, 6) is -1.86. The molecule has 12 fully saturated rings. The van der Waals surface area contributed by atoms with Crippen LogP contribution in [0, 0.1) is 0 Å². The number of carbonyl (C=O) groups is 2. The van der Waals surface area contributed by atoms with Crippen molar-refractivity contribution < 1.29 is 302 Å². The van der Waals surface area contributed by atoms with Gasteiger partial charge < -0.3 is 303 Å². The molecule has 2 amide bonds. The first kappa shape index (κ1) is 114. The van der Waals surface area contributed by atoms with Gasteiger partial charge in [-0.2, -0.15) is 0 Å². The van der Waals surface area contributed by atoms with Crippen molar-refractivity contribution >= 4 is 11.8 Å². The van der Waals surface area contributed by atoms with Crippen LogP contribution in [0.5, 0.6) is 0 Å². The maximum atomic E-state index is 13.2. The van der Waals surface area contributed by atoms with Gasteiger partial charge in [0.15, 0.2) is 75.5 Å². The fraction of sp³-hybridized carbons (Fsp3) is 0.974. The van der Waals surface area contributed by atoms with Gasteiger partial charge in [0, 0.05) is 13.8 Å². The van der Waals surface area contributed by atoms with E-state index in [0.29, 0.717) is 0 Å². The van der Waals surface area contributed by atoms with Gasteiger partial charge in [-0.05, 0) is 0 Å². The summed E-state index contributed by atoms with van der Waals surface area (Å²) >= 11 is 0. The van der Waals surface area contributed by atoms with Gasteiger partial charge in [-0.25, -0.2) is 0 Å². The fourth-order valence-corrected chi connectivity index (χ4v) is 17.9. The minimum absolute atomic E-state index is 0.839. The first-order valence-corrected chi connectivity index (χ1v) is 44.2. The summed E-state index contributed by atoms with van der Waals surface area (Å²) in [7, 11) is 0. The summed E-state index contributed by atoms with van der Waals surface area (Å²) in [4.78, 5) is 25.5. The van der Waals surface area contributed by atoms with Crippen molar-refractivity contribution in [3.05, 3.63) is 0 Å². The van der Waals surface area contributed by atoms with E-state index in [1.54, 1.807) is 0 Å². The second-order valence-corrected chi connectivity index (χ2v) is 35.2. The Kier molecular flexibility index (Phi) is 41.0. The summed E-state index contributed by atoms with van der Waals surface area (Å²) in [6.45, 7) is -12.5. The lowest BCUT2D eigenvalue weighted by Crippen LogP contribution is -2.70. The van der Waals surface area contributed by atoms with E-state index < -0.39 is 459 Å². The summed E-state index contributed by atoms with van der Waals surface area (Å²) < 4.78 is 136. The first-order chi connectivity index (χ1) is 65.9. The van der Waals surface area contributed by atoms with Crippen LogP contribution in [-0.2, 0) is 119 Å². The summed E-state index contributed by atoms with van der Waals surface area (Å²) in [5.41, 5.74) is 0. The Labute approximate surface area is 784 Å². The molecule has 0 aromatic heterocycles. The van der Waals surface area contributed by atoms with E-state index in [9.17, 15) is 193 Å². The monoisotopic (exact) mass is 2040 g/mol. The molecule has 808 valence electrons. The summed E-state index contributed by atoms with van der Waals surface area (Å²) in [6, 6.07) is -3.76. The van der Waals surface area contributed by atoms with E-state index in [0.717, 1.165) is 13.8 Å². The fourth-order valence-electron chi connectivity index (χ4n) is 17.9. The van der Waals surface area contributed by atoms with Crippen molar-refractivity contribution in [3.8, 4) is 0 Å². The van der Waals surface area contributed by atoms with Crippen LogP contribution in [0.1, 0.15) is 13.8 Å². The third kappa shape index (κ3) is 24.5. The van der Waals surface area contributed by atoms with Crippen LogP contribution in [0.4, 0.5) is 0 Å². The summed E-state index contributed by atoms with van der Waals surface area (Å²) in [6.07, 6.45) is -131. The molecule has 12 rings (SSSR count). The van der Waals surface area contributed by atoms with Gasteiger partial charge in [-0.3, -0.25) is 9.59 Å². The molecule has 0 saturated carbocycles. The Hall–Kier alpha value is -3.42. The predicted molar refractivity (Wildman–Crippen MR) is 418 cm³/mol. The average molecular weight is 2050 g/mol. The Balaban J connectivity index is 0.919. The maximum Gasteiger partial charge on any atom is 0.217 e. The number of hydrogen-bond donors (Lipinski definition) is 38. The zero-order valence-electron chi connectivity index (χ0n) is 73.4. The van der Waals surface area contributed by atoms with Gasteiger partial charge in [0.2, 0.25) is 11.8 Å². The molecule has 63 heteroatoms. The third-order valence-electron chi connectivity index (χ3n) is 25.9. The largest absolute Gasteiger partial charge is 0.394 e. The third-order valence-corrected chi connectivity index (χ3v) is 25.9. The average Bonchev–Trinajstić information content (AvgIpc) is 0.763. The van der Waals surface area contributed by atoms with Crippen LogP contribution in [0.15, 0.2) is 0 Å². The lowest BCUT2D eigenvalue weighted by molar-refractivity contribution is -0.410. The Morgan fingerprint density at radius 1 is 0.187 bits per heavy atom. The van der Waals surface area contributed by atoms with Crippen LogP contribution < -0.4 is 10.6 Å². The normalized spacial score (nSPS) is 51.9. The molecule has 12 heterocycles. The van der Waals surface area contributed by atoms with Crippen molar-refractivity contribution in [1.82, 2.24) is 10.6 Å². The lowest BCUT2D eigenvalue weighted by atomic mass is 9.94. The van der Waals surface area contributed by atoms with E-state index in [1.165, 1.54) is 0 Å². The standard InChI is InChI=1S/C76H128N2O61/c1-15(89)77-29-41(101)56(25(11-87)119-65(29)116)131-66-30(78-16(2)90)42(102)57(26(12-88)128-66)132-71-55(115)59(134-74-64(50(110)38(98)22(8-84)125-74)139-76-62(48(108)36(96)24(10-86)127-76)137-70-53(113)45(105)33(93)19(5-81)122-70)40(100)28(130-71)13-117-67-54(114)58(39(99)27(129-67)14-118-72-60(46(106)34(94)20(6-82)123-72)135-68-51(111)43(103)31(91)17(3-79)120-68)133-73-63(49(109)37(97)21(7-83)124-73)138-75-61(47(107)35(95)23(9-85)126-75)136-69-52(112)44(104)32(92)18(4-80)121-69/h17-76,79-88,91-116H,3-14H2,1-2H3,(H,77,89)(H,78,90)/t17-,18-,19-,20-,21-,22-,23-,24-,25-,26-,27-,28-,29-,30-,31-,32+,33-,34-,35-,36-,37-,38-,39-,40-,41-,42-,43+,44+,45+,46+,47+,48+,49+,50+,51+,52-,53+,54+,55+,56-,57-,58+,59+,60+,61+,62+,63+,64+,65-,66+,67+,68-,69-,70-,71+,72+,73-,74-,75-,76-/m1/s1. The van der Waals surface area contributed by atoms with E-state index in [-0.39, 0.29) is 0 Å². The van der Waals surface area contributed by atoms with E-state index >= 15 is 0 Å². The molecule has 0 aromatic rings. The van der Waals surface area contributed by atoms with Crippen molar-refractivity contribution in [2.24, 2.45) is 0 Å². The molecule has 60 atom stereocenters. The molecule has 0 unspecified atom stereocenters. The maximum absolute atomic E-state index is 13.2. The molecule has 0 aliphatic carbocycles. The van der Waals surface area contributed by atoms with Crippen molar-refractivity contribution in [1.29, 1.82) is 0 Å². The number of rotatable bonds is 36. The van der Waals surface area contributed by atoms with Crippen molar-refractivity contribution in [2.45, 2.75) is 382 Å². The Bertz CT molecular complexity index is 3730. The van der Waals surface area contributed by atoms with Crippen LogP contribution in [0.2, 0.25) is 0 Å². The molecule has 38 N–H and O–H groups in total. The highest BCUT2D eigenvalue weighted by molar-refractivity contribution is 5.73. The molecule has 0 bridgehead atoms. The molecule has 12 aliphatic heterocycles. The van der Waals surface area contributed by atoms with Gasteiger partial charge >= 0.3 is 0 Å². The molecule has 0 spiro atoms. The minimum Gasteiger partial charge on any atom is -0.394 e. The number of carbonyl (C=O) groups excluding carboxylic acids is 2. The van der Waals surface area contributed by atoms with Gasteiger partial charge in [0.1, 0.15) is 293 Å². The van der Waals surface area contributed by atoms with Crippen LogP contribution in [0.3, 0.4) is 0 Å². The van der Waals surface area contributed by atoms with Crippen LogP contribution in [-0.4, -0.2) is 643 Å². The number of ether oxygens (including phenoxy) is 23. The quantitative estimate of drug-likeness (QED) is 0.0277. The van der Waals surface area contributed by atoms with E-state index in [2.05, 4.69) is 10.6 Å². The zero-order chi connectivity index (χ0) is 102. The molecular formula is C76H128N2O61. The number of amides is 2. The highest BCUT2D eigenvalue weighted by Crippen LogP contribution is 2.43. The molecular weight excluding hydrogens is 1920 g/mol.